The fraction of sp³-hybridized carbons (Fsp3) is 0.667. The third kappa shape index (κ3) is 6.97. The highest BCUT2D eigenvalue weighted by atomic mass is 32.2. The standard InChI is InChI=1S/C12H21N3O3S2/c1-9-10(2)19-12(15-9)5-4-7-13-11(16)6-8-14-20(3,17)18/h14H,4-8H2,1-3H3,(H,13,16). The molecule has 0 aromatic carbocycles. The summed E-state index contributed by atoms with van der Waals surface area (Å²) in [5, 5.41) is 3.85. The van der Waals surface area contributed by atoms with Gasteiger partial charge in [0.25, 0.3) is 0 Å². The Labute approximate surface area is 124 Å². The summed E-state index contributed by atoms with van der Waals surface area (Å²) in [4.78, 5) is 17.1. The highest BCUT2D eigenvalue weighted by Gasteiger charge is 2.05. The van der Waals surface area contributed by atoms with Crippen molar-refractivity contribution >= 4 is 27.3 Å². The lowest BCUT2D eigenvalue weighted by molar-refractivity contribution is -0.120. The number of thiazole rings is 1. The van der Waals surface area contributed by atoms with E-state index in [1.54, 1.807) is 11.3 Å². The van der Waals surface area contributed by atoms with E-state index in [0.29, 0.717) is 6.54 Å². The molecule has 0 aliphatic carbocycles. The third-order valence-corrected chi connectivity index (χ3v) is 4.54. The van der Waals surface area contributed by atoms with E-state index in [4.69, 9.17) is 0 Å². The summed E-state index contributed by atoms with van der Waals surface area (Å²) in [5.41, 5.74) is 1.07. The lowest BCUT2D eigenvalue weighted by Gasteiger charge is -2.04. The van der Waals surface area contributed by atoms with Gasteiger partial charge >= 0.3 is 0 Å². The molecule has 0 saturated carbocycles. The SMILES string of the molecule is Cc1nc(CCCNC(=O)CCNS(C)(=O)=O)sc1C. The second kappa shape index (κ2) is 7.70. The third-order valence-electron chi connectivity index (χ3n) is 2.68. The molecule has 0 spiro atoms. The van der Waals surface area contributed by atoms with Gasteiger partial charge < -0.3 is 5.32 Å². The monoisotopic (exact) mass is 319 g/mol. The second-order valence-corrected chi connectivity index (χ2v) is 7.74. The van der Waals surface area contributed by atoms with Crippen LogP contribution in [0.2, 0.25) is 0 Å². The van der Waals surface area contributed by atoms with Gasteiger partial charge in [0.15, 0.2) is 0 Å². The Balaban J connectivity index is 2.13. The number of hydrogen-bond acceptors (Lipinski definition) is 5. The van der Waals surface area contributed by atoms with Crippen LogP contribution in [0.3, 0.4) is 0 Å². The smallest absolute Gasteiger partial charge is 0.221 e. The van der Waals surface area contributed by atoms with Gasteiger partial charge in [-0.25, -0.2) is 18.1 Å². The summed E-state index contributed by atoms with van der Waals surface area (Å²) in [6.45, 7) is 4.75. The molecule has 1 aromatic rings. The Morgan fingerprint density at radius 3 is 2.55 bits per heavy atom. The van der Waals surface area contributed by atoms with Gasteiger partial charge in [-0.2, -0.15) is 0 Å². The van der Waals surface area contributed by atoms with Gasteiger partial charge in [-0.05, 0) is 20.3 Å². The molecule has 1 heterocycles. The Kier molecular flexibility index (Phi) is 6.57. The summed E-state index contributed by atoms with van der Waals surface area (Å²) in [6, 6.07) is 0. The molecule has 0 unspecified atom stereocenters. The molecule has 0 aliphatic heterocycles. The summed E-state index contributed by atoms with van der Waals surface area (Å²) in [5.74, 6) is -0.146. The summed E-state index contributed by atoms with van der Waals surface area (Å²) in [7, 11) is -3.22. The Morgan fingerprint density at radius 1 is 1.30 bits per heavy atom. The Bertz CT molecular complexity index is 533. The zero-order valence-corrected chi connectivity index (χ0v) is 13.7. The van der Waals surface area contributed by atoms with Crippen LogP contribution in [-0.4, -0.2) is 38.7 Å². The number of aromatic nitrogens is 1. The molecule has 1 amide bonds. The highest BCUT2D eigenvalue weighted by molar-refractivity contribution is 7.88. The molecule has 0 atom stereocenters. The fourth-order valence-corrected chi connectivity index (χ4v) is 3.00. The van der Waals surface area contributed by atoms with Crippen LogP contribution in [0.15, 0.2) is 0 Å². The molecule has 0 bridgehead atoms. The van der Waals surface area contributed by atoms with Gasteiger partial charge in [0.05, 0.1) is 17.0 Å². The van der Waals surface area contributed by atoms with Crippen LogP contribution >= 0.6 is 11.3 Å². The molecule has 6 nitrogen and oxygen atoms in total. The minimum absolute atomic E-state index is 0.134. The minimum atomic E-state index is -3.22. The Hall–Kier alpha value is -0.990. The molecule has 0 radical (unpaired) electrons. The van der Waals surface area contributed by atoms with Gasteiger partial charge in [0.2, 0.25) is 15.9 Å². The molecule has 20 heavy (non-hydrogen) atoms. The maximum atomic E-state index is 11.4. The number of carbonyl (C=O) groups excluding carboxylic acids is 1. The average molecular weight is 319 g/mol. The van der Waals surface area contributed by atoms with E-state index in [2.05, 4.69) is 15.0 Å². The van der Waals surface area contributed by atoms with Crippen molar-refractivity contribution < 1.29 is 13.2 Å². The second-order valence-electron chi connectivity index (χ2n) is 4.62. The summed E-state index contributed by atoms with van der Waals surface area (Å²) in [6.07, 6.45) is 2.91. The topological polar surface area (TPSA) is 88.2 Å². The highest BCUT2D eigenvalue weighted by Crippen LogP contribution is 2.17. The van der Waals surface area contributed by atoms with Crippen LogP contribution in [0, 0.1) is 13.8 Å². The van der Waals surface area contributed by atoms with Crippen LogP contribution < -0.4 is 10.0 Å². The van der Waals surface area contributed by atoms with E-state index in [1.807, 2.05) is 13.8 Å². The first-order chi connectivity index (χ1) is 9.28. The minimum Gasteiger partial charge on any atom is -0.356 e. The summed E-state index contributed by atoms with van der Waals surface area (Å²) < 4.78 is 23.9. The van der Waals surface area contributed by atoms with Crippen molar-refractivity contribution in [1.29, 1.82) is 0 Å². The number of amides is 1. The van der Waals surface area contributed by atoms with Crippen molar-refractivity contribution in [3.8, 4) is 0 Å². The molecule has 0 aliphatic rings. The lowest BCUT2D eigenvalue weighted by atomic mass is 10.3. The van der Waals surface area contributed by atoms with Gasteiger partial charge in [-0.3, -0.25) is 4.79 Å². The van der Waals surface area contributed by atoms with Crippen molar-refractivity contribution in [2.24, 2.45) is 0 Å². The van der Waals surface area contributed by atoms with Crippen molar-refractivity contribution in [2.45, 2.75) is 33.1 Å². The van der Waals surface area contributed by atoms with Crippen LogP contribution in [0.4, 0.5) is 0 Å². The van der Waals surface area contributed by atoms with Crippen LogP contribution in [0.25, 0.3) is 0 Å². The first-order valence-electron chi connectivity index (χ1n) is 6.42. The molecular weight excluding hydrogens is 298 g/mol. The van der Waals surface area contributed by atoms with Crippen LogP contribution in [0.5, 0.6) is 0 Å². The first kappa shape index (κ1) is 17.1. The maximum absolute atomic E-state index is 11.4. The van der Waals surface area contributed by atoms with Crippen molar-refractivity contribution in [2.75, 3.05) is 19.3 Å². The molecule has 2 N–H and O–H groups in total. The number of nitrogens with one attached hydrogen (secondary N) is 2. The number of sulfonamides is 1. The maximum Gasteiger partial charge on any atom is 0.221 e. The zero-order valence-electron chi connectivity index (χ0n) is 12.0. The van der Waals surface area contributed by atoms with E-state index in [0.717, 1.165) is 29.8 Å². The van der Waals surface area contributed by atoms with Crippen LogP contribution in [0.1, 0.15) is 28.4 Å². The predicted octanol–water partition coefficient (Wildman–Crippen LogP) is 0.748. The number of rotatable bonds is 8. The van der Waals surface area contributed by atoms with Crippen molar-refractivity contribution in [3.63, 3.8) is 0 Å². The Morgan fingerprint density at radius 2 is 2.00 bits per heavy atom. The molecule has 0 saturated heterocycles. The van der Waals surface area contributed by atoms with Gasteiger partial charge in [-0.1, -0.05) is 0 Å². The number of hydrogen-bond donors (Lipinski definition) is 2. The molecule has 8 heteroatoms. The van der Waals surface area contributed by atoms with Crippen molar-refractivity contribution in [3.05, 3.63) is 15.6 Å². The van der Waals surface area contributed by atoms with Gasteiger partial charge in [0, 0.05) is 30.8 Å². The normalized spacial score (nSPS) is 11.6. The van der Waals surface area contributed by atoms with E-state index in [1.165, 1.54) is 4.88 Å². The van der Waals surface area contributed by atoms with E-state index >= 15 is 0 Å². The number of nitrogens with zero attached hydrogens (tertiary/aromatic N) is 1. The largest absolute Gasteiger partial charge is 0.356 e. The molecule has 1 aromatic heterocycles. The fourth-order valence-electron chi connectivity index (χ4n) is 1.55. The number of aryl methyl sites for hydroxylation is 3. The van der Waals surface area contributed by atoms with Crippen molar-refractivity contribution in [1.82, 2.24) is 15.0 Å². The predicted molar refractivity (Wildman–Crippen MR) is 80.4 cm³/mol. The van der Waals surface area contributed by atoms with E-state index in [-0.39, 0.29) is 18.9 Å². The molecular formula is C12H21N3O3S2. The van der Waals surface area contributed by atoms with Crippen LogP contribution in [-0.2, 0) is 21.2 Å². The summed E-state index contributed by atoms with van der Waals surface area (Å²) >= 11 is 1.69. The van der Waals surface area contributed by atoms with Gasteiger partial charge in [0.1, 0.15) is 0 Å². The molecule has 1 rings (SSSR count). The first-order valence-corrected chi connectivity index (χ1v) is 9.13. The lowest BCUT2D eigenvalue weighted by Crippen LogP contribution is -2.30. The zero-order chi connectivity index (χ0) is 15.2. The van der Waals surface area contributed by atoms with E-state index < -0.39 is 10.0 Å². The van der Waals surface area contributed by atoms with Gasteiger partial charge in [-0.15, -0.1) is 11.3 Å². The quantitative estimate of drug-likeness (QED) is 0.692. The van der Waals surface area contributed by atoms with E-state index in [9.17, 15) is 13.2 Å². The molecule has 0 fully saturated rings. The molecule has 114 valence electrons. The number of carbonyl (C=O) groups is 1. The average Bonchev–Trinajstić information content (AvgIpc) is 2.63.